The van der Waals surface area contributed by atoms with Crippen molar-refractivity contribution in [2.24, 2.45) is 0 Å². The van der Waals surface area contributed by atoms with Gasteiger partial charge in [-0.05, 0) is 81.3 Å². The Morgan fingerprint density at radius 3 is 1.92 bits per heavy atom. The molecule has 0 aliphatic rings. The molecule has 3 aromatic carbocycles. The number of nitrogens with one attached hydrogen (secondary N) is 1. The second-order valence-corrected chi connectivity index (χ2v) is 12.0. The van der Waals surface area contributed by atoms with Gasteiger partial charge in [-0.1, -0.05) is 37.3 Å². The van der Waals surface area contributed by atoms with Gasteiger partial charge in [-0.2, -0.15) is 0 Å². The van der Waals surface area contributed by atoms with Gasteiger partial charge in [-0.15, -0.1) is 0 Å². The van der Waals surface area contributed by atoms with Gasteiger partial charge in [0, 0.05) is 12.1 Å². The third-order valence-electron chi connectivity index (χ3n) is 5.87. The molecule has 0 aliphatic heterocycles. The monoisotopic (exact) mass is 557 g/mol. The van der Waals surface area contributed by atoms with Crippen molar-refractivity contribution in [1.29, 1.82) is 0 Å². The van der Waals surface area contributed by atoms with Crippen molar-refractivity contribution in [3.05, 3.63) is 96.1 Å². The summed E-state index contributed by atoms with van der Waals surface area (Å²) in [7, 11) is -4.29. The lowest BCUT2D eigenvalue weighted by atomic mass is 10.1. The highest BCUT2D eigenvalue weighted by Crippen LogP contribution is 2.25. The van der Waals surface area contributed by atoms with Gasteiger partial charge in [0.1, 0.15) is 24.2 Å². The summed E-state index contributed by atoms with van der Waals surface area (Å²) in [5.41, 5.74) is 0.223. The normalized spacial score (nSPS) is 12.5. The van der Waals surface area contributed by atoms with Crippen molar-refractivity contribution in [1.82, 2.24) is 10.2 Å². The minimum atomic E-state index is -4.29. The molecule has 0 spiro atoms. The second-order valence-electron chi connectivity index (χ2n) is 10.1. The Balaban J connectivity index is 2.04. The van der Waals surface area contributed by atoms with E-state index in [-0.39, 0.29) is 23.5 Å². The van der Waals surface area contributed by atoms with Crippen molar-refractivity contribution in [2.45, 2.75) is 57.1 Å². The zero-order chi connectivity index (χ0) is 28.8. The van der Waals surface area contributed by atoms with Crippen LogP contribution in [0.5, 0.6) is 0 Å². The fourth-order valence-electron chi connectivity index (χ4n) is 4.02. The largest absolute Gasteiger partial charge is 0.350 e. The lowest BCUT2D eigenvalue weighted by Gasteiger charge is -2.34. The molecule has 0 aromatic heterocycles. The second kappa shape index (κ2) is 12.4. The number of sulfonamides is 1. The van der Waals surface area contributed by atoms with E-state index in [4.69, 9.17) is 0 Å². The van der Waals surface area contributed by atoms with E-state index in [1.54, 1.807) is 37.3 Å². The summed E-state index contributed by atoms with van der Waals surface area (Å²) < 4.78 is 55.4. The first kappa shape index (κ1) is 29.8. The van der Waals surface area contributed by atoms with Crippen LogP contribution in [0.25, 0.3) is 0 Å². The molecular formula is C29H33F2N3O4S. The van der Waals surface area contributed by atoms with Gasteiger partial charge in [0.25, 0.3) is 10.0 Å². The predicted molar refractivity (Wildman–Crippen MR) is 146 cm³/mol. The number of halogens is 2. The van der Waals surface area contributed by atoms with Crippen molar-refractivity contribution in [3.8, 4) is 0 Å². The number of amides is 2. The van der Waals surface area contributed by atoms with Crippen LogP contribution < -0.4 is 9.62 Å². The van der Waals surface area contributed by atoms with Gasteiger partial charge in [0.05, 0.1) is 10.6 Å². The van der Waals surface area contributed by atoms with Crippen molar-refractivity contribution >= 4 is 27.5 Å². The molecule has 39 heavy (non-hydrogen) atoms. The predicted octanol–water partition coefficient (Wildman–Crippen LogP) is 4.88. The Morgan fingerprint density at radius 1 is 0.872 bits per heavy atom. The molecule has 1 atom stereocenters. The Hall–Kier alpha value is -3.79. The average molecular weight is 558 g/mol. The third kappa shape index (κ3) is 7.86. The first-order valence-electron chi connectivity index (χ1n) is 12.5. The number of hydrogen-bond acceptors (Lipinski definition) is 4. The Morgan fingerprint density at radius 2 is 1.41 bits per heavy atom. The van der Waals surface area contributed by atoms with E-state index in [2.05, 4.69) is 5.32 Å². The van der Waals surface area contributed by atoms with E-state index in [9.17, 15) is 26.8 Å². The molecule has 7 nitrogen and oxygen atoms in total. The average Bonchev–Trinajstić information content (AvgIpc) is 2.87. The van der Waals surface area contributed by atoms with Crippen LogP contribution in [0.2, 0.25) is 0 Å². The van der Waals surface area contributed by atoms with E-state index in [0.717, 1.165) is 28.6 Å². The highest BCUT2D eigenvalue weighted by Gasteiger charge is 2.34. The fourth-order valence-corrected chi connectivity index (χ4v) is 5.43. The maximum Gasteiger partial charge on any atom is 0.264 e. The van der Waals surface area contributed by atoms with Gasteiger partial charge in [0.2, 0.25) is 11.8 Å². The number of carbonyl (C=O) groups excluding carboxylic acids is 2. The Labute approximate surface area is 228 Å². The van der Waals surface area contributed by atoms with Crippen LogP contribution in [0.1, 0.15) is 39.7 Å². The van der Waals surface area contributed by atoms with Crippen molar-refractivity contribution < 1.29 is 26.8 Å². The maximum absolute atomic E-state index is 13.9. The van der Waals surface area contributed by atoms with E-state index in [1.807, 2.05) is 20.8 Å². The van der Waals surface area contributed by atoms with Gasteiger partial charge in [-0.3, -0.25) is 13.9 Å². The lowest BCUT2D eigenvalue weighted by molar-refractivity contribution is -0.141. The molecule has 0 saturated heterocycles. The summed E-state index contributed by atoms with van der Waals surface area (Å²) in [5, 5.41) is 2.89. The van der Waals surface area contributed by atoms with Gasteiger partial charge in [-0.25, -0.2) is 17.2 Å². The standard InChI is InChI=1S/C29H33F2N3O4S/c1-5-26(28(36)32-29(2,3)4)33(19-21-11-13-22(30)14-12-21)27(35)20-34(24-9-7-6-8-10-24)39(37,38)25-17-15-23(31)16-18-25/h6-18,26H,5,19-20H2,1-4H3,(H,32,36). The van der Waals surface area contributed by atoms with E-state index in [0.29, 0.717) is 5.56 Å². The summed E-state index contributed by atoms with van der Waals surface area (Å²) >= 11 is 0. The Kier molecular flexibility index (Phi) is 9.45. The Bertz CT molecular complexity index is 1370. The molecule has 1 N–H and O–H groups in total. The topological polar surface area (TPSA) is 86.8 Å². The van der Waals surface area contributed by atoms with Crippen molar-refractivity contribution in [3.63, 3.8) is 0 Å². The zero-order valence-corrected chi connectivity index (χ0v) is 23.2. The molecule has 0 saturated carbocycles. The molecule has 10 heteroatoms. The van der Waals surface area contributed by atoms with Crippen LogP contribution in [-0.4, -0.2) is 43.3 Å². The summed E-state index contributed by atoms with van der Waals surface area (Å²) in [6.07, 6.45) is 0.255. The van der Waals surface area contributed by atoms with Crippen LogP contribution >= 0.6 is 0 Å². The van der Waals surface area contributed by atoms with Crippen LogP contribution in [0.4, 0.5) is 14.5 Å². The molecule has 208 valence electrons. The SMILES string of the molecule is CCC(C(=O)NC(C)(C)C)N(Cc1ccc(F)cc1)C(=O)CN(c1ccccc1)S(=O)(=O)c1ccc(F)cc1. The molecule has 3 aromatic rings. The van der Waals surface area contributed by atoms with Gasteiger partial charge >= 0.3 is 0 Å². The number of hydrogen-bond donors (Lipinski definition) is 1. The number of benzene rings is 3. The van der Waals surface area contributed by atoms with Crippen LogP contribution in [-0.2, 0) is 26.2 Å². The maximum atomic E-state index is 13.9. The van der Waals surface area contributed by atoms with E-state index in [1.165, 1.54) is 29.2 Å². The highest BCUT2D eigenvalue weighted by atomic mass is 32.2. The lowest BCUT2D eigenvalue weighted by Crippen LogP contribution is -2.55. The van der Waals surface area contributed by atoms with Crippen molar-refractivity contribution in [2.75, 3.05) is 10.8 Å². The summed E-state index contributed by atoms with van der Waals surface area (Å²) in [6, 6.07) is 17.0. The number of anilines is 1. The van der Waals surface area contributed by atoms with Crippen LogP contribution in [0.15, 0.2) is 83.8 Å². The third-order valence-corrected chi connectivity index (χ3v) is 7.66. The molecule has 0 radical (unpaired) electrons. The molecule has 0 heterocycles. The number of rotatable bonds is 10. The molecular weight excluding hydrogens is 524 g/mol. The molecule has 2 amide bonds. The summed E-state index contributed by atoms with van der Waals surface area (Å²) in [6.45, 7) is 6.53. The van der Waals surface area contributed by atoms with Gasteiger partial charge < -0.3 is 10.2 Å². The molecule has 0 bridgehead atoms. The summed E-state index contributed by atoms with van der Waals surface area (Å²) in [4.78, 5) is 28.3. The smallest absolute Gasteiger partial charge is 0.264 e. The van der Waals surface area contributed by atoms with Crippen LogP contribution in [0.3, 0.4) is 0 Å². The quantitative estimate of drug-likeness (QED) is 0.385. The van der Waals surface area contributed by atoms with Crippen LogP contribution in [0, 0.1) is 11.6 Å². The number of para-hydroxylation sites is 1. The molecule has 1 unspecified atom stereocenters. The first-order valence-corrected chi connectivity index (χ1v) is 13.9. The molecule has 0 aliphatic carbocycles. The van der Waals surface area contributed by atoms with E-state index >= 15 is 0 Å². The minimum absolute atomic E-state index is 0.0472. The highest BCUT2D eigenvalue weighted by molar-refractivity contribution is 7.92. The summed E-state index contributed by atoms with van der Waals surface area (Å²) in [5.74, 6) is -2.08. The fraction of sp³-hybridized carbons (Fsp3) is 0.310. The zero-order valence-electron chi connectivity index (χ0n) is 22.4. The van der Waals surface area contributed by atoms with E-state index < -0.39 is 51.6 Å². The van der Waals surface area contributed by atoms with Gasteiger partial charge in [0.15, 0.2) is 0 Å². The first-order chi connectivity index (χ1) is 18.3. The molecule has 0 fully saturated rings. The number of nitrogens with zero attached hydrogens (tertiary/aromatic N) is 2. The molecule has 3 rings (SSSR count). The number of carbonyl (C=O) groups is 2. The minimum Gasteiger partial charge on any atom is -0.350 e.